The van der Waals surface area contributed by atoms with Crippen LogP contribution >= 0.6 is 0 Å². The van der Waals surface area contributed by atoms with E-state index in [2.05, 4.69) is 110 Å². The SMILES string of the molecule is C=CCc1ccc(C#Cc2ccc(C#Cc3ccc(CC=C)cc3)c(CC)c2)cc1. The summed E-state index contributed by atoms with van der Waals surface area (Å²) in [6.07, 6.45) is 6.52. The third-order valence-corrected chi connectivity index (χ3v) is 4.85. The van der Waals surface area contributed by atoms with E-state index in [9.17, 15) is 0 Å². The maximum absolute atomic E-state index is 3.78. The zero-order chi connectivity index (χ0) is 21.2. The van der Waals surface area contributed by atoms with Crippen LogP contribution in [-0.2, 0) is 19.3 Å². The molecule has 146 valence electrons. The van der Waals surface area contributed by atoms with Crippen molar-refractivity contribution in [3.8, 4) is 23.7 Å². The monoisotopic (exact) mass is 386 g/mol. The van der Waals surface area contributed by atoms with Crippen molar-refractivity contribution in [3.63, 3.8) is 0 Å². The predicted octanol–water partition coefficient (Wildman–Crippen LogP) is 6.51. The van der Waals surface area contributed by atoms with Crippen molar-refractivity contribution in [2.75, 3.05) is 0 Å². The minimum absolute atomic E-state index is 0.884. The van der Waals surface area contributed by atoms with Gasteiger partial charge in [-0.15, -0.1) is 13.2 Å². The second-order valence-electron chi connectivity index (χ2n) is 7.10. The maximum Gasteiger partial charge on any atom is 0.0281 e. The van der Waals surface area contributed by atoms with E-state index in [1.54, 1.807) is 0 Å². The first kappa shape index (κ1) is 21.0. The second kappa shape index (κ2) is 10.7. The van der Waals surface area contributed by atoms with Gasteiger partial charge in [-0.05, 0) is 78.4 Å². The topological polar surface area (TPSA) is 0 Å². The average Bonchev–Trinajstić information content (AvgIpc) is 2.79. The highest BCUT2D eigenvalue weighted by Gasteiger charge is 2.00. The van der Waals surface area contributed by atoms with Gasteiger partial charge in [0.1, 0.15) is 0 Å². The van der Waals surface area contributed by atoms with Crippen LogP contribution in [0.1, 0.15) is 45.9 Å². The molecule has 0 aliphatic rings. The van der Waals surface area contributed by atoms with Crippen LogP contribution < -0.4 is 0 Å². The lowest BCUT2D eigenvalue weighted by atomic mass is 10.0. The van der Waals surface area contributed by atoms with Crippen LogP contribution in [0, 0.1) is 23.7 Å². The number of benzene rings is 3. The van der Waals surface area contributed by atoms with Gasteiger partial charge in [-0.2, -0.15) is 0 Å². The Kier molecular flexibility index (Phi) is 7.49. The number of rotatable bonds is 5. The van der Waals surface area contributed by atoms with Crippen LogP contribution in [-0.4, -0.2) is 0 Å². The molecule has 0 radical (unpaired) electrons. The van der Waals surface area contributed by atoms with E-state index < -0.39 is 0 Å². The fraction of sp³-hybridized carbons (Fsp3) is 0.133. The molecule has 0 aromatic heterocycles. The summed E-state index contributed by atoms with van der Waals surface area (Å²) >= 11 is 0. The van der Waals surface area contributed by atoms with E-state index in [0.29, 0.717) is 0 Å². The molecule has 0 aliphatic carbocycles. The molecule has 0 unspecified atom stereocenters. The minimum Gasteiger partial charge on any atom is -0.103 e. The van der Waals surface area contributed by atoms with Crippen LogP contribution in [0.25, 0.3) is 0 Å². The Balaban J connectivity index is 1.77. The average molecular weight is 387 g/mol. The molecule has 0 heterocycles. The summed E-state index contributed by atoms with van der Waals surface area (Å²) in [5.74, 6) is 13.1. The lowest BCUT2D eigenvalue weighted by molar-refractivity contribution is 1.13. The maximum atomic E-state index is 3.78. The smallest absolute Gasteiger partial charge is 0.0281 e. The minimum atomic E-state index is 0.884. The van der Waals surface area contributed by atoms with E-state index in [1.807, 2.05) is 12.2 Å². The summed E-state index contributed by atoms with van der Waals surface area (Å²) < 4.78 is 0. The van der Waals surface area contributed by atoms with E-state index in [1.165, 1.54) is 16.7 Å². The molecule has 0 fully saturated rings. The Morgan fingerprint density at radius 3 is 1.60 bits per heavy atom. The van der Waals surface area contributed by atoms with Gasteiger partial charge in [0.05, 0.1) is 0 Å². The van der Waals surface area contributed by atoms with E-state index in [4.69, 9.17) is 0 Å². The second-order valence-corrected chi connectivity index (χ2v) is 7.10. The number of allylic oxidation sites excluding steroid dienone is 2. The van der Waals surface area contributed by atoms with Crippen LogP contribution in [0.3, 0.4) is 0 Å². The van der Waals surface area contributed by atoms with Crippen molar-refractivity contribution in [1.82, 2.24) is 0 Å². The summed E-state index contributed by atoms with van der Waals surface area (Å²) in [6.45, 7) is 9.71. The number of hydrogen-bond acceptors (Lipinski definition) is 0. The number of hydrogen-bond donors (Lipinski definition) is 0. The largest absolute Gasteiger partial charge is 0.103 e. The van der Waals surface area contributed by atoms with Gasteiger partial charge in [-0.1, -0.05) is 67.0 Å². The molecular formula is C30H26. The third kappa shape index (κ3) is 5.88. The van der Waals surface area contributed by atoms with Gasteiger partial charge in [0, 0.05) is 22.3 Å². The molecule has 3 aromatic carbocycles. The first-order chi connectivity index (χ1) is 14.7. The lowest BCUT2D eigenvalue weighted by Gasteiger charge is -2.02. The molecule has 3 aromatic rings. The van der Waals surface area contributed by atoms with Crippen molar-refractivity contribution in [1.29, 1.82) is 0 Å². The van der Waals surface area contributed by atoms with E-state index in [-0.39, 0.29) is 0 Å². The van der Waals surface area contributed by atoms with Gasteiger partial charge in [-0.3, -0.25) is 0 Å². The highest BCUT2D eigenvalue weighted by atomic mass is 14.0. The highest BCUT2D eigenvalue weighted by Crippen LogP contribution is 2.13. The van der Waals surface area contributed by atoms with Gasteiger partial charge >= 0.3 is 0 Å². The molecular weight excluding hydrogens is 360 g/mol. The fourth-order valence-corrected chi connectivity index (χ4v) is 3.15. The van der Waals surface area contributed by atoms with Crippen LogP contribution in [0.4, 0.5) is 0 Å². The number of aryl methyl sites for hydroxylation is 1. The van der Waals surface area contributed by atoms with E-state index in [0.717, 1.165) is 41.5 Å². The Labute approximate surface area is 181 Å². The van der Waals surface area contributed by atoms with Gasteiger partial charge < -0.3 is 0 Å². The van der Waals surface area contributed by atoms with Gasteiger partial charge in [0.25, 0.3) is 0 Å². The molecule has 0 bridgehead atoms. The van der Waals surface area contributed by atoms with Crippen molar-refractivity contribution in [3.05, 3.63) is 131 Å². The first-order valence-electron chi connectivity index (χ1n) is 10.3. The molecule has 3 rings (SSSR count). The van der Waals surface area contributed by atoms with Crippen molar-refractivity contribution < 1.29 is 0 Å². The summed E-state index contributed by atoms with van der Waals surface area (Å²) in [4.78, 5) is 0. The quantitative estimate of drug-likeness (QED) is 0.346. The molecule has 30 heavy (non-hydrogen) atoms. The van der Waals surface area contributed by atoms with Gasteiger partial charge in [0.2, 0.25) is 0 Å². The summed E-state index contributed by atoms with van der Waals surface area (Å²) in [7, 11) is 0. The molecule has 0 spiro atoms. The zero-order valence-corrected chi connectivity index (χ0v) is 17.5. The van der Waals surface area contributed by atoms with E-state index >= 15 is 0 Å². The lowest BCUT2D eigenvalue weighted by Crippen LogP contribution is -1.90. The Hall–Kier alpha value is -3.74. The molecule has 0 aliphatic heterocycles. The Morgan fingerprint density at radius 2 is 1.10 bits per heavy atom. The van der Waals surface area contributed by atoms with Gasteiger partial charge in [0.15, 0.2) is 0 Å². The molecule has 0 saturated carbocycles. The van der Waals surface area contributed by atoms with Crippen LogP contribution in [0.2, 0.25) is 0 Å². The summed E-state index contributed by atoms with van der Waals surface area (Å²) in [5.41, 5.74) is 7.84. The van der Waals surface area contributed by atoms with Crippen molar-refractivity contribution >= 4 is 0 Å². The molecule has 0 N–H and O–H groups in total. The summed E-state index contributed by atoms with van der Waals surface area (Å²) in [6, 6.07) is 23.0. The van der Waals surface area contributed by atoms with Crippen LogP contribution in [0.5, 0.6) is 0 Å². The standard InChI is InChI=1S/C30H26/c1-4-7-24-9-13-26(14-10-24)17-18-28-20-22-30(29(6-3)23-28)21-19-27-15-11-25(8-5-2)12-16-27/h4-5,9-16,20,22-23H,1-2,6-8H2,3H3. The highest BCUT2D eigenvalue weighted by molar-refractivity contribution is 5.52. The first-order valence-corrected chi connectivity index (χ1v) is 10.3. The molecule has 0 amide bonds. The molecule has 0 saturated heterocycles. The van der Waals surface area contributed by atoms with Crippen molar-refractivity contribution in [2.45, 2.75) is 26.2 Å². The zero-order valence-electron chi connectivity index (χ0n) is 17.5. The molecule has 0 atom stereocenters. The van der Waals surface area contributed by atoms with Crippen molar-refractivity contribution in [2.24, 2.45) is 0 Å². The molecule has 0 nitrogen and oxygen atoms in total. The third-order valence-electron chi connectivity index (χ3n) is 4.85. The Morgan fingerprint density at radius 1 is 0.633 bits per heavy atom. The predicted molar refractivity (Wildman–Crippen MR) is 128 cm³/mol. The summed E-state index contributed by atoms with van der Waals surface area (Å²) in [5, 5.41) is 0. The normalized spacial score (nSPS) is 9.63. The van der Waals surface area contributed by atoms with Gasteiger partial charge in [-0.25, -0.2) is 0 Å². The Bertz CT molecular complexity index is 1140. The fourth-order valence-electron chi connectivity index (χ4n) is 3.15. The molecule has 0 heteroatoms. The van der Waals surface area contributed by atoms with Crippen LogP contribution in [0.15, 0.2) is 92.0 Å².